The fourth-order valence-corrected chi connectivity index (χ4v) is 3.36. The van der Waals surface area contributed by atoms with E-state index in [9.17, 15) is 9.59 Å². The number of esters is 1. The number of fused-ring (bicyclic) bond motifs is 1. The Morgan fingerprint density at radius 3 is 2.68 bits per heavy atom. The molecule has 5 atom stereocenters. The third kappa shape index (κ3) is 3.18. The maximum atomic E-state index is 12.5. The summed E-state index contributed by atoms with van der Waals surface area (Å²) in [5.74, 6) is 0.296. The van der Waals surface area contributed by atoms with E-state index in [-0.39, 0.29) is 29.8 Å². The van der Waals surface area contributed by atoms with Gasteiger partial charge in [0.1, 0.15) is 12.4 Å². The molecule has 0 heterocycles. The van der Waals surface area contributed by atoms with Crippen LogP contribution in [0.15, 0.2) is 23.8 Å². The molecule has 0 fully saturated rings. The van der Waals surface area contributed by atoms with Crippen molar-refractivity contribution in [3.8, 4) is 0 Å². The first kappa shape index (κ1) is 17.0. The fourth-order valence-electron chi connectivity index (χ4n) is 3.36. The standard InChI is InChI=1S/C19H28O3/c1-6-19(4,5)18(21)22-16-10-12(2)9-14-8-7-13(3)15(11-20)17(14)16/h7-9,11-13,15-17H,6,10H2,1-5H3/t12-,13-,15-,16-,17-/m0/s1. The average molecular weight is 304 g/mol. The SMILES string of the molecule is CCC(C)(C)C(=O)O[C@H]1C[C@@H](C)C=C2C=C[C@H](C)[C@H](C=O)[C@H]21. The van der Waals surface area contributed by atoms with Crippen LogP contribution in [0.2, 0.25) is 0 Å². The molecule has 0 spiro atoms. The molecule has 2 rings (SSSR count). The van der Waals surface area contributed by atoms with Gasteiger partial charge in [-0.25, -0.2) is 0 Å². The predicted octanol–water partition coefficient (Wildman–Crippen LogP) is 3.94. The zero-order valence-electron chi connectivity index (χ0n) is 14.3. The van der Waals surface area contributed by atoms with Gasteiger partial charge < -0.3 is 9.53 Å². The van der Waals surface area contributed by atoms with Crippen molar-refractivity contribution in [3.63, 3.8) is 0 Å². The van der Waals surface area contributed by atoms with Crippen molar-refractivity contribution in [2.45, 2.75) is 53.6 Å². The normalized spacial score (nSPS) is 34.6. The summed E-state index contributed by atoms with van der Waals surface area (Å²) in [6.45, 7) is 10.0. The van der Waals surface area contributed by atoms with Crippen LogP contribution in [-0.2, 0) is 14.3 Å². The van der Waals surface area contributed by atoms with Gasteiger partial charge in [-0.2, -0.15) is 0 Å². The second-order valence-electron chi connectivity index (χ2n) is 7.52. The highest BCUT2D eigenvalue weighted by Crippen LogP contribution is 2.42. The molecule has 0 aliphatic heterocycles. The molecule has 2 aliphatic carbocycles. The highest BCUT2D eigenvalue weighted by Gasteiger charge is 2.42. The first-order chi connectivity index (χ1) is 10.3. The van der Waals surface area contributed by atoms with Crippen molar-refractivity contribution in [1.29, 1.82) is 0 Å². The third-order valence-electron chi connectivity index (χ3n) is 5.33. The van der Waals surface area contributed by atoms with Crippen LogP contribution in [-0.4, -0.2) is 18.4 Å². The van der Waals surface area contributed by atoms with E-state index in [4.69, 9.17) is 4.74 Å². The highest BCUT2D eigenvalue weighted by atomic mass is 16.5. The monoisotopic (exact) mass is 304 g/mol. The minimum atomic E-state index is -0.475. The van der Waals surface area contributed by atoms with Crippen LogP contribution < -0.4 is 0 Å². The molecule has 2 aliphatic rings. The number of hydrogen-bond donors (Lipinski definition) is 0. The van der Waals surface area contributed by atoms with Gasteiger partial charge in [-0.3, -0.25) is 4.79 Å². The van der Waals surface area contributed by atoms with Crippen LogP contribution in [0.25, 0.3) is 0 Å². The van der Waals surface area contributed by atoms with Crippen molar-refractivity contribution in [3.05, 3.63) is 23.8 Å². The van der Waals surface area contributed by atoms with Gasteiger partial charge in [0.05, 0.1) is 5.41 Å². The number of allylic oxidation sites excluding steroid dienone is 3. The van der Waals surface area contributed by atoms with Crippen LogP contribution in [0.3, 0.4) is 0 Å². The number of hydrogen-bond acceptors (Lipinski definition) is 3. The van der Waals surface area contributed by atoms with E-state index < -0.39 is 5.41 Å². The molecular weight excluding hydrogens is 276 g/mol. The molecule has 0 bridgehead atoms. The first-order valence-corrected chi connectivity index (χ1v) is 8.36. The van der Waals surface area contributed by atoms with Gasteiger partial charge in [0, 0.05) is 11.8 Å². The Morgan fingerprint density at radius 2 is 2.09 bits per heavy atom. The Balaban J connectivity index is 2.28. The fraction of sp³-hybridized carbons (Fsp3) is 0.684. The molecule has 0 N–H and O–H groups in total. The lowest BCUT2D eigenvalue weighted by Gasteiger charge is -2.41. The van der Waals surface area contributed by atoms with Crippen LogP contribution in [0.5, 0.6) is 0 Å². The van der Waals surface area contributed by atoms with Crippen LogP contribution in [0.4, 0.5) is 0 Å². The zero-order valence-corrected chi connectivity index (χ0v) is 14.3. The molecule has 0 aromatic heterocycles. The van der Waals surface area contributed by atoms with E-state index in [0.29, 0.717) is 5.92 Å². The largest absolute Gasteiger partial charge is 0.461 e. The van der Waals surface area contributed by atoms with E-state index in [1.165, 1.54) is 0 Å². The maximum Gasteiger partial charge on any atom is 0.311 e. The lowest BCUT2D eigenvalue weighted by Crippen LogP contribution is -2.43. The number of carbonyl (C=O) groups excluding carboxylic acids is 2. The van der Waals surface area contributed by atoms with Crippen LogP contribution in [0, 0.1) is 29.1 Å². The molecule has 0 aromatic carbocycles. The molecule has 0 unspecified atom stereocenters. The van der Waals surface area contributed by atoms with Gasteiger partial charge in [0.15, 0.2) is 0 Å². The van der Waals surface area contributed by atoms with Crippen molar-refractivity contribution in [2.75, 3.05) is 0 Å². The van der Waals surface area contributed by atoms with Gasteiger partial charge in [-0.05, 0) is 44.1 Å². The number of ether oxygens (including phenoxy) is 1. The molecule has 3 nitrogen and oxygen atoms in total. The highest BCUT2D eigenvalue weighted by molar-refractivity contribution is 5.76. The maximum absolute atomic E-state index is 12.5. The summed E-state index contributed by atoms with van der Waals surface area (Å²) in [4.78, 5) is 24.1. The molecule has 0 saturated heterocycles. The van der Waals surface area contributed by atoms with E-state index in [1.807, 2.05) is 20.8 Å². The van der Waals surface area contributed by atoms with Crippen molar-refractivity contribution in [1.82, 2.24) is 0 Å². The molecular formula is C19H28O3. The molecule has 122 valence electrons. The summed E-state index contributed by atoms with van der Waals surface area (Å²) < 4.78 is 5.89. The number of rotatable bonds is 4. The Morgan fingerprint density at radius 1 is 1.41 bits per heavy atom. The molecule has 3 heteroatoms. The zero-order chi connectivity index (χ0) is 16.5. The average Bonchev–Trinajstić information content (AvgIpc) is 2.47. The third-order valence-corrected chi connectivity index (χ3v) is 5.33. The summed E-state index contributed by atoms with van der Waals surface area (Å²) in [6, 6.07) is 0. The van der Waals surface area contributed by atoms with Gasteiger partial charge in [-0.1, -0.05) is 39.0 Å². The second kappa shape index (κ2) is 6.39. The summed E-state index contributed by atoms with van der Waals surface area (Å²) in [7, 11) is 0. The lowest BCUT2D eigenvalue weighted by atomic mass is 9.67. The van der Waals surface area contributed by atoms with Crippen molar-refractivity contribution < 1.29 is 14.3 Å². The summed E-state index contributed by atoms with van der Waals surface area (Å²) in [6.07, 6.45) is 8.80. The molecule has 0 aromatic rings. The Bertz CT molecular complexity index is 501. The Kier molecular flexibility index (Phi) is 4.93. The van der Waals surface area contributed by atoms with E-state index in [1.54, 1.807) is 0 Å². The molecule has 22 heavy (non-hydrogen) atoms. The van der Waals surface area contributed by atoms with Crippen molar-refractivity contribution >= 4 is 12.3 Å². The van der Waals surface area contributed by atoms with Gasteiger partial charge >= 0.3 is 5.97 Å². The van der Waals surface area contributed by atoms with Gasteiger partial charge in [0.25, 0.3) is 0 Å². The summed E-state index contributed by atoms with van der Waals surface area (Å²) in [5, 5.41) is 0. The van der Waals surface area contributed by atoms with E-state index in [0.717, 1.165) is 24.7 Å². The van der Waals surface area contributed by atoms with Gasteiger partial charge in [-0.15, -0.1) is 0 Å². The molecule has 0 radical (unpaired) electrons. The minimum Gasteiger partial charge on any atom is -0.461 e. The van der Waals surface area contributed by atoms with Gasteiger partial charge in [0.2, 0.25) is 0 Å². The topological polar surface area (TPSA) is 43.4 Å². The smallest absolute Gasteiger partial charge is 0.311 e. The quantitative estimate of drug-likeness (QED) is 0.583. The number of carbonyl (C=O) groups is 2. The second-order valence-corrected chi connectivity index (χ2v) is 7.52. The van der Waals surface area contributed by atoms with Crippen LogP contribution >= 0.6 is 0 Å². The lowest BCUT2D eigenvalue weighted by molar-refractivity contribution is -0.165. The minimum absolute atomic E-state index is 0.00491. The van der Waals surface area contributed by atoms with E-state index >= 15 is 0 Å². The predicted molar refractivity (Wildman–Crippen MR) is 87.2 cm³/mol. The first-order valence-electron chi connectivity index (χ1n) is 8.36. The van der Waals surface area contributed by atoms with Crippen LogP contribution in [0.1, 0.15) is 47.5 Å². The van der Waals surface area contributed by atoms with E-state index in [2.05, 4.69) is 32.1 Å². The summed E-state index contributed by atoms with van der Waals surface area (Å²) in [5.41, 5.74) is 0.679. The Labute approximate surface area is 133 Å². The van der Waals surface area contributed by atoms with Crippen molar-refractivity contribution in [2.24, 2.45) is 29.1 Å². The molecule has 0 amide bonds. The Hall–Kier alpha value is -1.38. The molecule has 0 saturated carbocycles. The number of aldehydes is 1. The summed E-state index contributed by atoms with van der Waals surface area (Å²) >= 11 is 0.